The van der Waals surface area contributed by atoms with Crippen LogP contribution < -0.4 is 4.90 Å². The van der Waals surface area contributed by atoms with E-state index < -0.39 is 0 Å². The third-order valence-electron chi connectivity index (χ3n) is 4.88. The van der Waals surface area contributed by atoms with E-state index in [0.717, 1.165) is 69.2 Å². The van der Waals surface area contributed by atoms with Crippen molar-refractivity contribution in [2.75, 3.05) is 31.1 Å². The number of hydrogen-bond acceptors (Lipinski definition) is 4. The topological polar surface area (TPSA) is 49.3 Å². The zero-order valence-corrected chi connectivity index (χ0v) is 14.4. The molecule has 0 aliphatic carbocycles. The summed E-state index contributed by atoms with van der Waals surface area (Å²) in [4.78, 5) is 25.5. The van der Waals surface area contributed by atoms with Gasteiger partial charge in [-0.25, -0.2) is 9.97 Å². The fourth-order valence-electron chi connectivity index (χ4n) is 3.79. The summed E-state index contributed by atoms with van der Waals surface area (Å²) in [6.07, 6.45) is 6.28. The number of nitrogens with zero attached hydrogens (tertiary/aromatic N) is 4. The van der Waals surface area contributed by atoms with E-state index in [1.165, 1.54) is 12.8 Å². The van der Waals surface area contributed by atoms with Crippen molar-refractivity contribution in [2.45, 2.75) is 52.4 Å². The summed E-state index contributed by atoms with van der Waals surface area (Å²) in [7, 11) is 0. The van der Waals surface area contributed by atoms with Crippen molar-refractivity contribution in [1.82, 2.24) is 14.9 Å². The predicted molar refractivity (Wildman–Crippen MR) is 91.5 cm³/mol. The zero-order valence-electron chi connectivity index (χ0n) is 14.4. The standard InChI is InChI=1S/C18H28N4O/c1-3-6-16-11-17(20-14(2)19-16)21-9-4-7-15(12-21)13-22-10-5-8-18(22)23/h11,15H,3-10,12-13H2,1-2H3. The number of piperidine rings is 1. The van der Waals surface area contributed by atoms with Crippen LogP contribution in [0.2, 0.25) is 0 Å². The molecule has 0 N–H and O–H groups in total. The summed E-state index contributed by atoms with van der Waals surface area (Å²) in [5.41, 5.74) is 1.15. The molecule has 3 heterocycles. The van der Waals surface area contributed by atoms with Gasteiger partial charge < -0.3 is 9.80 Å². The second kappa shape index (κ2) is 7.28. The maximum absolute atomic E-state index is 11.9. The van der Waals surface area contributed by atoms with E-state index in [-0.39, 0.29) is 0 Å². The number of rotatable bonds is 5. The van der Waals surface area contributed by atoms with Crippen LogP contribution in [0.25, 0.3) is 0 Å². The molecule has 1 aromatic heterocycles. The van der Waals surface area contributed by atoms with Gasteiger partial charge in [-0.15, -0.1) is 0 Å². The van der Waals surface area contributed by atoms with Gasteiger partial charge in [-0.2, -0.15) is 0 Å². The van der Waals surface area contributed by atoms with Crippen molar-refractivity contribution in [3.05, 3.63) is 17.6 Å². The third kappa shape index (κ3) is 4.01. The largest absolute Gasteiger partial charge is 0.356 e. The molecule has 0 saturated carbocycles. The van der Waals surface area contributed by atoms with Gasteiger partial charge in [-0.1, -0.05) is 13.3 Å². The Morgan fingerprint density at radius 1 is 1.26 bits per heavy atom. The molecule has 2 aliphatic rings. The lowest BCUT2D eigenvalue weighted by Crippen LogP contribution is -2.41. The lowest BCUT2D eigenvalue weighted by atomic mass is 9.97. The number of hydrogen-bond donors (Lipinski definition) is 0. The third-order valence-corrected chi connectivity index (χ3v) is 4.88. The first-order valence-electron chi connectivity index (χ1n) is 9.03. The molecule has 3 rings (SSSR count). The van der Waals surface area contributed by atoms with Gasteiger partial charge in [0.2, 0.25) is 5.91 Å². The van der Waals surface area contributed by atoms with E-state index in [2.05, 4.69) is 32.8 Å². The Balaban J connectivity index is 1.67. The molecule has 0 spiro atoms. The molecule has 0 bridgehead atoms. The molecule has 126 valence electrons. The monoisotopic (exact) mass is 316 g/mol. The number of aromatic nitrogens is 2. The number of carbonyl (C=O) groups excluding carboxylic acids is 1. The normalized spacial score (nSPS) is 22.0. The molecule has 5 nitrogen and oxygen atoms in total. The lowest BCUT2D eigenvalue weighted by Gasteiger charge is -2.35. The number of likely N-dealkylation sites (tertiary alicyclic amines) is 1. The van der Waals surface area contributed by atoms with Crippen molar-refractivity contribution >= 4 is 11.7 Å². The highest BCUT2D eigenvalue weighted by Gasteiger charge is 2.27. The van der Waals surface area contributed by atoms with Crippen LogP contribution in [0, 0.1) is 12.8 Å². The first kappa shape index (κ1) is 16.2. The van der Waals surface area contributed by atoms with E-state index in [1.54, 1.807) is 0 Å². The fourth-order valence-corrected chi connectivity index (χ4v) is 3.79. The van der Waals surface area contributed by atoms with E-state index >= 15 is 0 Å². The molecule has 2 fully saturated rings. The number of amides is 1. The Hall–Kier alpha value is -1.65. The maximum atomic E-state index is 11.9. The Kier molecular flexibility index (Phi) is 5.13. The summed E-state index contributed by atoms with van der Waals surface area (Å²) < 4.78 is 0. The quantitative estimate of drug-likeness (QED) is 0.838. The van der Waals surface area contributed by atoms with Gasteiger partial charge in [-0.3, -0.25) is 4.79 Å². The van der Waals surface area contributed by atoms with Gasteiger partial charge in [0.15, 0.2) is 0 Å². The molecule has 0 aromatic carbocycles. The van der Waals surface area contributed by atoms with Crippen LogP contribution in [0.3, 0.4) is 0 Å². The summed E-state index contributed by atoms with van der Waals surface area (Å²) in [6, 6.07) is 2.15. The first-order valence-corrected chi connectivity index (χ1v) is 9.03. The van der Waals surface area contributed by atoms with Crippen LogP contribution in [0.5, 0.6) is 0 Å². The van der Waals surface area contributed by atoms with Crippen LogP contribution in [0.15, 0.2) is 6.07 Å². The number of carbonyl (C=O) groups is 1. The molecule has 1 atom stereocenters. The lowest BCUT2D eigenvalue weighted by molar-refractivity contribution is -0.128. The second-order valence-corrected chi connectivity index (χ2v) is 6.91. The molecular weight excluding hydrogens is 288 g/mol. The van der Waals surface area contributed by atoms with Crippen molar-refractivity contribution < 1.29 is 4.79 Å². The molecule has 2 aliphatic heterocycles. The van der Waals surface area contributed by atoms with Gasteiger partial charge in [0.25, 0.3) is 0 Å². The molecular formula is C18H28N4O. The molecule has 2 saturated heterocycles. The summed E-state index contributed by atoms with van der Waals surface area (Å²) >= 11 is 0. The van der Waals surface area contributed by atoms with E-state index in [9.17, 15) is 4.79 Å². The van der Waals surface area contributed by atoms with Crippen molar-refractivity contribution in [3.63, 3.8) is 0 Å². The molecule has 23 heavy (non-hydrogen) atoms. The number of aryl methyl sites for hydroxylation is 2. The first-order chi connectivity index (χ1) is 11.2. The summed E-state index contributed by atoms with van der Waals surface area (Å²) in [6.45, 7) is 8.09. The van der Waals surface area contributed by atoms with Gasteiger partial charge in [-0.05, 0) is 38.5 Å². The predicted octanol–water partition coefficient (Wildman–Crippen LogP) is 2.58. The Morgan fingerprint density at radius 3 is 2.87 bits per heavy atom. The highest BCUT2D eigenvalue weighted by Crippen LogP contribution is 2.24. The Bertz CT molecular complexity index is 560. The van der Waals surface area contributed by atoms with Crippen LogP contribution in [0.4, 0.5) is 5.82 Å². The molecule has 0 radical (unpaired) electrons. The van der Waals surface area contributed by atoms with Crippen LogP contribution in [-0.2, 0) is 11.2 Å². The molecule has 1 aromatic rings. The SMILES string of the molecule is CCCc1cc(N2CCCC(CN3CCCC3=O)C2)nc(C)n1. The average molecular weight is 316 g/mol. The highest BCUT2D eigenvalue weighted by atomic mass is 16.2. The van der Waals surface area contributed by atoms with Crippen LogP contribution in [-0.4, -0.2) is 47.0 Å². The van der Waals surface area contributed by atoms with E-state index in [0.29, 0.717) is 11.8 Å². The van der Waals surface area contributed by atoms with Gasteiger partial charge in [0.05, 0.1) is 0 Å². The van der Waals surface area contributed by atoms with Crippen molar-refractivity contribution in [1.29, 1.82) is 0 Å². The Labute approximate surface area is 139 Å². The van der Waals surface area contributed by atoms with Gasteiger partial charge in [0, 0.05) is 44.4 Å². The second-order valence-electron chi connectivity index (χ2n) is 6.91. The van der Waals surface area contributed by atoms with Gasteiger partial charge in [0.1, 0.15) is 11.6 Å². The number of anilines is 1. The van der Waals surface area contributed by atoms with Crippen LogP contribution >= 0.6 is 0 Å². The smallest absolute Gasteiger partial charge is 0.222 e. The van der Waals surface area contributed by atoms with Gasteiger partial charge >= 0.3 is 0 Å². The average Bonchev–Trinajstić information content (AvgIpc) is 2.92. The maximum Gasteiger partial charge on any atom is 0.222 e. The van der Waals surface area contributed by atoms with Crippen molar-refractivity contribution in [3.8, 4) is 0 Å². The van der Waals surface area contributed by atoms with Crippen molar-refractivity contribution in [2.24, 2.45) is 5.92 Å². The minimum atomic E-state index is 0.338. The Morgan fingerprint density at radius 2 is 2.13 bits per heavy atom. The molecule has 1 amide bonds. The zero-order chi connectivity index (χ0) is 16.2. The van der Waals surface area contributed by atoms with E-state index in [1.807, 2.05) is 6.92 Å². The fraction of sp³-hybridized carbons (Fsp3) is 0.722. The highest BCUT2D eigenvalue weighted by molar-refractivity contribution is 5.78. The molecule has 1 unspecified atom stereocenters. The van der Waals surface area contributed by atoms with E-state index in [4.69, 9.17) is 0 Å². The summed E-state index contributed by atoms with van der Waals surface area (Å²) in [5.74, 6) is 2.84. The minimum absolute atomic E-state index is 0.338. The minimum Gasteiger partial charge on any atom is -0.356 e. The summed E-state index contributed by atoms with van der Waals surface area (Å²) in [5, 5.41) is 0. The molecule has 5 heteroatoms. The van der Waals surface area contributed by atoms with Crippen LogP contribution in [0.1, 0.15) is 50.5 Å².